The van der Waals surface area contributed by atoms with E-state index in [9.17, 15) is 13.2 Å². The van der Waals surface area contributed by atoms with Crippen LogP contribution in [-0.4, -0.2) is 25.8 Å². The number of nitrogens with two attached hydrogens (primary N) is 1. The van der Waals surface area contributed by atoms with Crippen molar-refractivity contribution in [1.29, 1.82) is 0 Å². The highest BCUT2D eigenvalue weighted by atomic mass is 32.2. The molecule has 2 heterocycles. The fourth-order valence-electron chi connectivity index (χ4n) is 2.44. The average molecular weight is 322 g/mol. The Balaban J connectivity index is 1.89. The van der Waals surface area contributed by atoms with Gasteiger partial charge in [-0.15, -0.1) is 11.3 Å². The lowest BCUT2D eigenvalue weighted by Gasteiger charge is -2.28. The van der Waals surface area contributed by atoms with E-state index < -0.39 is 10.0 Å². The molecule has 0 saturated carbocycles. The molecule has 2 N–H and O–H groups in total. The number of carbonyl (C=O) groups excluding carboxylic acids is 1. The molecular weight excluding hydrogens is 308 g/mol. The van der Waals surface area contributed by atoms with Gasteiger partial charge in [-0.05, 0) is 41.1 Å². The van der Waals surface area contributed by atoms with Crippen molar-refractivity contribution >= 4 is 27.3 Å². The van der Waals surface area contributed by atoms with Crippen molar-refractivity contribution in [2.75, 3.05) is 6.54 Å². The van der Waals surface area contributed by atoms with E-state index in [1.54, 1.807) is 23.1 Å². The number of fused-ring (bicyclic) bond motifs is 1. The molecule has 5 nitrogen and oxygen atoms in total. The van der Waals surface area contributed by atoms with Crippen LogP contribution >= 0.6 is 11.3 Å². The molecule has 1 aromatic carbocycles. The second-order valence-electron chi connectivity index (χ2n) is 4.93. The number of primary sulfonamides is 1. The molecule has 0 aliphatic carbocycles. The standard InChI is InChI=1S/C14H14N2O3S2/c15-21(18,19)12-4-3-10-5-6-16(9-11(10)8-12)14(17)13-2-1-7-20-13/h1-4,7-8H,5-6,9H2,(H2,15,18,19). The number of sulfonamides is 1. The van der Waals surface area contributed by atoms with Gasteiger partial charge >= 0.3 is 0 Å². The summed E-state index contributed by atoms with van der Waals surface area (Å²) in [6.45, 7) is 1.05. The third-order valence-corrected chi connectivity index (χ3v) is 5.31. The average Bonchev–Trinajstić information content (AvgIpc) is 2.98. The van der Waals surface area contributed by atoms with Gasteiger partial charge in [0, 0.05) is 13.1 Å². The van der Waals surface area contributed by atoms with Crippen molar-refractivity contribution in [2.45, 2.75) is 17.9 Å². The Bertz CT molecular complexity index is 783. The predicted molar refractivity (Wildman–Crippen MR) is 80.6 cm³/mol. The van der Waals surface area contributed by atoms with E-state index in [0.29, 0.717) is 18.0 Å². The van der Waals surface area contributed by atoms with Crippen LogP contribution in [-0.2, 0) is 23.0 Å². The summed E-state index contributed by atoms with van der Waals surface area (Å²) in [5, 5.41) is 7.02. The maximum Gasteiger partial charge on any atom is 0.264 e. The molecule has 1 aliphatic rings. The zero-order valence-corrected chi connectivity index (χ0v) is 12.8. The van der Waals surface area contributed by atoms with Gasteiger partial charge in [0.25, 0.3) is 5.91 Å². The van der Waals surface area contributed by atoms with E-state index in [0.717, 1.165) is 17.5 Å². The molecule has 1 aromatic heterocycles. The van der Waals surface area contributed by atoms with Gasteiger partial charge in [0.15, 0.2) is 0 Å². The zero-order valence-electron chi connectivity index (χ0n) is 11.2. The lowest BCUT2D eigenvalue weighted by atomic mass is 10.00. The number of benzene rings is 1. The van der Waals surface area contributed by atoms with Crippen molar-refractivity contribution in [1.82, 2.24) is 4.90 Å². The van der Waals surface area contributed by atoms with Gasteiger partial charge in [0.2, 0.25) is 10.0 Å². The highest BCUT2D eigenvalue weighted by molar-refractivity contribution is 7.89. The Labute approximate surface area is 127 Å². The highest BCUT2D eigenvalue weighted by Crippen LogP contribution is 2.24. The van der Waals surface area contributed by atoms with Crippen LogP contribution < -0.4 is 5.14 Å². The summed E-state index contributed by atoms with van der Waals surface area (Å²) in [6, 6.07) is 8.50. The quantitative estimate of drug-likeness (QED) is 0.912. The number of carbonyl (C=O) groups is 1. The van der Waals surface area contributed by atoms with Crippen molar-refractivity contribution in [3.8, 4) is 0 Å². The third-order valence-electron chi connectivity index (χ3n) is 3.54. The fraction of sp³-hybridized carbons (Fsp3) is 0.214. The summed E-state index contributed by atoms with van der Waals surface area (Å²) in [5.74, 6) is -0.0170. The molecule has 2 aromatic rings. The molecular formula is C14H14N2O3S2. The van der Waals surface area contributed by atoms with Crippen molar-refractivity contribution in [3.63, 3.8) is 0 Å². The number of thiophene rings is 1. The summed E-state index contributed by atoms with van der Waals surface area (Å²) in [5.41, 5.74) is 1.91. The number of rotatable bonds is 2. The molecule has 7 heteroatoms. The van der Waals surface area contributed by atoms with Gasteiger partial charge < -0.3 is 4.90 Å². The first-order valence-corrected chi connectivity index (χ1v) is 8.85. The smallest absolute Gasteiger partial charge is 0.264 e. The Morgan fingerprint density at radius 3 is 2.71 bits per heavy atom. The third kappa shape index (κ3) is 2.85. The maximum atomic E-state index is 12.3. The molecule has 0 spiro atoms. The molecule has 1 amide bonds. The van der Waals surface area contributed by atoms with E-state index in [-0.39, 0.29) is 10.8 Å². The molecule has 110 valence electrons. The highest BCUT2D eigenvalue weighted by Gasteiger charge is 2.23. The van der Waals surface area contributed by atoms with Crippen LogP contribution in [0.3, 0.4) is 0 Å². The van der Waals surface area contributed by atoms with Gasteiger partial charge in [-0.3, -0.25) is 4.79 Å². The molecule has 0 unspecified atom stereocenters. The second kappa shape index (κ2) is 5.25. The lowest BCUT2D eigenvalue weighted by molar-refractivity contribution is 0.0739. The summed E-state index contributed by atoms with van der Waals surface area (Å²) in [7, 11) is -3.72. The van der Waals surface area contributed by atoms with E-state index in [1.165, 1.54) is 17.4 Å². The van der Waals surface area contributed by atoms with Gasteiger partial charge in [-0.1, -0.05) is 12.1 Å². The molecule has 21 heavy (non-hydrogen) atoms. The maximum absolute atomic E-state index is 12.3. The molecule has 0 bridgehead atoms. The van der Waals surface area contributed by atoms with E-state index in [1.807, 2.05) is 11.4 Å². The molecule has 3 rings (SSSR count). The van der Waals surface area contributed by atoms with Crippen LogP contribution in [0.4, 0.5) is 0 Å². The Kier molecular flexibility index (Phi) is 3.56. The minimum Gasteiger partial charge on any atom is -0.333 e. The molecule has 0 radical (unpaired) electrons. The van der Waals surface area contributed by atoms with Crippen molar-refractivity contribution < 1.29 is 13.2 Å². The van der Waals surface area contributed by atoms with Gasteiger partial charge in [0.1, 0.15) is 0 Å². The molecule has 0 fully saturated rings. The number of hydrogen-bond donors (Lipinski definition) is 1. The topological polar surface area (TPSA) is 80.5 Å². The summed E-state index contributed by atoms with van der Waals surface area (Å²) < 4.78 is 22.8. The van der Waals surface area contributed by atoms with Crippen LogP contribution in [0.2, 0.25) is 0 Å². The molecule has 0 atom stereocenters. The first kappa shape index (κ1) is 14.2. The van der Waals surface area contributed by atoms with Gasteiger partial charge in [-0.2, -0.15) is 0 Å². The minimum absolute atomic E-state index is 0.0170. The predicted octanol–water partition coefficient (Wildman–Crippen LogP) is 1.59. The largest absolute Gasteiger partial charge is 0.333 e. The van der Waals surface area contributed by atoms with Crippen molar-refractivity contribution in [2.24, 2.45) is 5.14 Å². The van der Waals surface area contributed by atoms with Crippen LogP contribution in [0.1, 0.15) is 20.8 Å². The van der Waals surface area contributed by atoms with E-state index in [4.69, 9.17) is 5.14 Å². The number of nitrogens with zero attached hydrogens (tertiary/aromatic N) is 1. The zero-order chi connectivity index (χ0) is 15.0. The van der Waals surface area contributed by atoms with E-state index in [2.05, 4.69) is 0 Å². The Morgan fingerprint density at radius 1 is 1.24 bits per heavy atom. The lowest BCUT2D eigenvalue weighted by Crippen LogP contribution is -2.35. The summed E-state index contributed by atoms with van der Waals surface area (Å²) in [4.78, 5) is 14.9. The fourth-order valence-corrected chi connectivity index (χ4v) is 3.69. The minimum atomic E-state index is -3.72. The first-order chi connectivity index (χ1) is 9.95. The van der Waals surface area contributed by atoms with Crippen LogP contribution in [0, 0.1) is 0 Å². The molecule has 1 aliphatic heterocycles. The SMILES string of the molecule is NS(=O)(=O)c1ccc2c(c1)CN(C(=O)c1cccs1)CC2. The normalized spacial score (nSPS) is 14.8. The monoisotopic (exact) mass is 322 g/mol. The summed E-state index contributed by atoms with van der Waals surface area (Å²) >= 11 is 1.41. The van der Waals surface area contributed by atoms with E-state index >= 15 is 0 Å². The first-order valence-electron chi connectivity index (χ1n) is 6.42. The van der Waals surface area contributed by atoms with Gasteiger partial charge in [-0.25, -0.2) is 13.6 Å². The van der Waals surface area contributed by atoms with Crippen LogP contribution in [0.25, 0.3) is 0 Å². The molecule has 0 saturated heterocycles. The second-order valence-corrected chi connectivity index (χ2v) is 7.44. The van der Waals surface area contributed by atoms with Gasteiger partial charge in [0.05, 0.1) is 9.77 Å². The van der Waals surface area contributed by atoms with Crippen LogP contribution in [0.5, 0.6) is 0 Å². The van der Waals surface area contributed by atoms with Crippen molar-refractivity contribution in [3.05, 3.63) is 51.7 Å². The van der Waals surface area contributed by atoms with Crippen LogP contribution in [0.15, 0.2) is 40.6 Å². The number of amides is 1. The number of hydrogen-bond acceptors (Lipinski definition) is 4. The summed E-state index contributed by atoms with van der Waals surface area (Å²) in [6.07, 6.45) is 0.720. The Morgan fingerprint density at radius 2 is 2.05 bits per heavy atom. The Hall–Kier alpha value is -1.70.